The standard InChI is InChI=1S/C6H16O3Si2/c1-5-6-10-11(7-2,8-3)9-4/h5H,1,6,10H2,2-4H3. The molecule has 0 N–H and O–H groups in total. The molecule has 0 aliphatic rings. The molecule has 0 aromatic carbocycles. The van der Waals surface area contributed by atoms with Crippen molar-refractivity contribution in [2.45, 2.75) is 6.04 Å². The average Bonchev–Trinajstić information content (AvgIpc) is 2.08. The van der Waals surface area contributed by atoms with E-state index >= 15 is 0 Å². The van der Waals surface area contributed by atoms with Crippen molar-refractivity contribution in [2.75, 3.05) is 21.3 Å². The zero-order chi connectivity index (χ0) is 8.74. The summed E-state index contributed by atoms with van der Waals surface area (Å²) in [4.78, 5) is 0. The molecule has 0 spiro atoms. The van der Waals surface area contributed by atoms with Gasteiger partial charge in [-0.3, -0.25) is 0 Å². The Balaban J connectivity index is 3.93. The molecule has 0 aliphatic carbocycles. The van der Waals surface area contributed by atoms with E-state index in [9.17, 15) is 0 Å². The fraction of sp³-hybridized carbons (Fsp3) is 0.667. The minimum atomic E-state index is -2.17. The lowest BCUT2D eigenvalue weighted by molar-refractivity contribution is 0.148. The molecule has 0 aromatic rings. The summed E-state index contributed by atoms with van der Waals surface area (Å²) in [5.41, 5.74) is 0. The summed E-state index contributed by atoms with van der Waals surface area (Å²) in [7, 11) is 2.35. The molecule has 0 saturated heterocycles. The van der Waals surface area contributed by atoms with E-state index in [1.807, 2.05) is 6.08 Å². The second kappa shape index (κ2) is 5.67. The summed E-state index contributed by atoms with van der Waals surface area (Å²) in [6.45, 7) is 3.66. The fourth-order valence-corrected chi connectivity index (χ4v) is 6.02. The van der Waals surface area contributed by atoms with Crippen molar-refractivity contribution in [2.24, 2.45) is 0 Å². The first kappa shape index (κ1) is 11.1. The minimum Gasteiger partial charge on any atom is -0.380 e. The Morgan fingerprint density at radius 3 is 2.00 bits per heavy atom. The van der Waals surface area contributed by atoms with Crippen LogP contribution in [-0.4, -0.2) is 38.7 Å². The fourth-order valence-electron chi connectivity index (χ4n) is 0.835. The van der Waals surface area contributed by atoms with Gasteiger partial charge in [0.1, 0.15) is 9.04 Å². The van der Waals surface area contributed by atoms with Crippen LogP contribution in [0.5, 0.6) is 0 Å². The smallest absolute Gasteiger partial charge is 0.380 e. The topological polar surface area (TPSA) is 27.7 Å². The average molecular weight is 192 g/mol. The van der Waals surface area contributed by atoms with Gasteiger partial charge < -0.3 is 13.3 Å². The van der Waals surface area contributed by atoms with Gasteiger partial charge in [-0.1, -0.05) is 6.08 Å². The van der Waals surface area contributed by atoms with Crippen LogP contribution >= 0.6 is 0 Å². The molecule has 0 bridgehead atoms. The predicted octanol–water partition coefficient (Wildman–Crippen LogP) is 0.134. The van der Waals surface area contributed by atoms with E-state index in [1.165, 1.54) is 0 Å². The predicted molar refractivity (Wildman–Crippen MR) is 50.3 cm³/mol. The van der Waals surface area contributed by atoms with Crippen LogP contribution in [0.15, 0.2) is 12.7 Å². The zero-order valence-electron chi connectivity index (χ0n) is 7.42. The van der Waals surface area contributed by atoms with E-state index in [0.29, 0.717) is 0 Å². The Bertz CT molecular complexity index is 106. The Labute approximate surface area is 71.3 Å². The number of rotatable bonds is 6. The molecule has 0 unspecified atom stereocenters. The van der Waals surface area contributed by atoms with Crippen LogP contribution in [0.1, 0.15) is 0 Å². The molecule has 0 fully saturated rings. The van der Waals surface area contributed by atoms with E-state index in [1.54, 1.807) is 21.3 Å². The summed E-state index contributed by atoms with van der Waals surface area (Å²) < 4.78 is 15.7. The van der Waals surface area contributed by atoms with E-state index in [-0.39, 0.29) is 0 Å². The van der Waals surface area contributed by atoms with Crippen LogP contribution in [0.25, 0.3) is 0 Å². The summed E-state index contributed by atoms with van der Waals surface area (Å²) in [5, 5.41) is 0. The number of hydrogen-bond acceptors (Lipinski definition) is 3. The molecule has 3 nitrogen and oxygen atoms in total. The van der Waals surface area contributed by atoms with Crippen molar-refractivity contribution in [3.63, 3.8) is 0 Å². The second-order valence-corrected chi connectivity index (χ2v) is 9.89. The molecule has 0 amide bonds. The molecule has 0 aromatic heterocycles. The lowest BCUT2D eigenvalue weighted by Crippen LogP contribution is -2.49. The van der Waals surface area contributed by atoms with Crippen molar-refractivity contribution in [1.82, 2.24) is 0 Å². The molecule has 0 aliphatic heterocycles. The number of hydrogen-bond donors (Lipinski definition) is 0. The van der Waals surface area contributed by atoms with Gasteiger partial charge in [0, 0.05) is 21.3 Å². The van der Waals surface area contributed by atoms with Gasteiger partial charge in [0.05, 0.1) is 0 Å². The zero-order valence-corrected chi connectivity index (χ0v) is 9.84. The van der Waals surface area contributed by atoms with Crippen molar-refractivity contribution in [3.05, 3.63) is 12.7 Å². The van der Waals surface area contributed by atoms with Crippen LogP contribution in [-0.2, 0) is 13.3 Å². The largest absolute Gasteiger partial charge is 0.461 e. The Morgan fingerprint density at radius 2 is 1.73 bits per heavy atom. The molecular formula is C6H16O3Si2. The third-order valence-electron chi connectivity index (χ3n) is 1.59. The molecule has 11 heavy (non-hydrogen) atoms. The van der Waals surface area contributed by atoms with Gasteiger partial charge in [0.2, 0.25) is 0 Å². The van der Waals surface area contributed by atoms with Gasteiger partial charge in [-0.05, 0) is 6.04 Å². The van der Waals surface area contributed by atoms with Gasteiger partial charge in [-0.15, -0.1) is 6.58 Å². The molecule has 66 valence electrons. The van der Waals surface area contributed by atoms with E-state index in [0.717, 1.165) is 6.04 Å². The molecule has 0 radical (unpaired) electrons. The first-order valence-corrected chi connectivity index (χ1v) is 8.56. The van der Waals surface area contributed by atoms with Crippen molar-refractivity contribution < 1.29 is 13.3 Å². The second-order valence-electron chi connectivity index (χ2n) is 2.12. The minimum absolute atomic E-state index is 0.427. The quantitative estimate of drug-likeness (QED) is 0.442. The van der Waals surface area contributed by atoms with Crippen molar-refractivity contribution in [3.8, 4) is 0 Å². The lowest BCUT2D eigenvalue weighted by atomic mass is 10.8. The van der Waals surface area contributed by atoms with E-state index in [2.05, 4.69) is 6.58 Å². The highest BCUT2D eigenvalue weighted by atomic mass is 29.2. The molecule has 0 rings (SSSR count). The summed E-state index contributed by atoms with van der Waals surface area (Å²) in [6.07, 6.45) is 1.89. The number of allylic oxidation sites excluding steroid dienone is 1. The monoisotopic (exact) mass is 192 g/mol. The van der Waals surface area contributed by atoms with Crippen LogP contribution in [0, 0.1) is 0 Å². The summed E-state index contributed by atoms with van der Waals surface area (Å²) in [6, 6.07) is 1.00. The highest BCUT2D eigenvalue weighted by Crippen LogP contribution is 2.05. The van der Waals surface area contributed by atoms with Crippen LogP contribution < -0.4 is 0 Å². The summed E-state index contributed by atoms with van der Waals surface area (Å²) in [5.74, 6) is 0. The molecule has 5 heteroatoms. The van der Waals surface area contributed by atoms with Crippen LogP contribution in [0.3, 0.4) is 0 Å². The van der Waals surface area contributed by atoms with Gasteiger partial charge in [-0.2, -0.15) is 0 Å². The first-order chi connectivity index (χ1) is 5.24. The summed E-state index contributed by atoms with van der Waals surface area (Å²) >= 11 is 0. The third-order valence-corrected chi connectivity index (χ3v) is 10.1. The van der Waals surface area contributed by atoms with Gasteiger partial charge >= 0.3 is 8.32 Å². The SMILES string of the molecule is C=CC[SiH2][Si](OC)(OC)OC. The van der Waals surface area contributed by atoms with Crippen LogP contribution in [0.4, 0.5) is 0 Å². The Kier molecular flexibility index (Phi) is 5.70. The normalized spacial score (nSPS) is 12.6. The highest BCUT2D eigenvalue weighted by molar-refractivity contribution is 7.14. The van der Waals surface area contributed by atoms with Gasteiger partial charge in [0.25, 0.3) is 0 Å². The Morgan fingerprint density at radius 1 is 1.27 bits per heavy atom. The Hall–Kier alpha value is 0.0538. The van der Waals surface area contributed by atoms with Gasteiger partial charge in [0.15, 0.2) is 0 Å². The van der Waals surface area contributed by atoms with Gasteiger partial charge in [-0.25, -0.2) is 0 Å². The molecule has 0 saturated carbocycles. The maximum absolute atomic E-state index is 5.25. The first-order valence-electron chi connectivity index (χ1n) is 3.51. The van der Waals surface area contributed by atoms with E-state index < -0.39 is 17.4 Å². The highest BCUT2D eigenvalue weighted by Gasteiger charge is 2.35. The van der Waals surface area contributed by atoms with Crippen LogP contribution in [0.2, 0.25) is 6.04 Å². The molecular weight excluding hydrogens is 176 g/mol. The maximum atomic E-state index is 5.25. The maximum Gasteiger partial charge on any atom is 0.461 e. The lowest BCUT2D eigenvalue weighted by Gasteiger charge is -2.23. The third kappa shape index (κ3) is 3.30. The van der Waals surface area contributed by atoms with E-state index in [4.69, 9.17) is 13.3 Å². The van der Waals surface area contributed by atoms with Crippen molar-refractivity contribution >= 4 is 17.4 Å². The molecule has 0 heterocycles. The molecule has 0 atom stereocenters. The van der Waals surface area contributed by atoms with Crippen molar-refractivity contribution in [1.29, 1.82) is 0 Å².